The summed E-state index contributed by atoms with van der Waals surface area (Å²) in [5.74, 6) is 0.152. The summed E-state index contributed by atoms with van der Waals surface area (Å²) in [6, 6.07) is 5.54. The Morgan fingerprint density at radius 1 is 1.33 bits per heavy atom. The van der Waals surface area contributed by atoms with Crippen molar-refractivity contribution in [2.75, 3.05) is 10.6 Å². The highest BCUT2D eigenvalue weighted by atomic mass is 35.5. The van der Waals surface area contributed by atoms with E-state index in [2.05, 4.69) is 20.6 Å². The molecule has 0 aromatic carbocycles. The molecule has 110 valence electrons. The Labute approximate surface area is 131 Å². The zero-order chi connectivity index (χ0) is 14.7. The van der Waals surface area contributed by atoms with Crippen LogP contribution in [0.2, 0.25) is 5.15 Å². The van der Waals surface area contributed by atoms with E-state index >= 15 is 0 Å². The molecular formula is C14H15ClN4OS. The molecule has 1 amide bonds. The summed E-state index contributed by atoms with van der Waals surface area (Å²) in [6.07, 6.45) is 4.78. The fourth-order valence-corrected chi connectivity index (χ4v) is 3.34. The van der Waals surface area contributed by atoms with Crippen LogP contribution in [0, 0.1) is 0 Å². The lowest BCUT2D eigenvalue weighted by atomic mass is 10.2. The summed E-state index contributed by atoms with van der Waals surface area (Å²) in [4.78, 5) is 20.5. The molecule has 2 N–H and O–H groups in total. The van der Waals surface area contributed by atoms with Crippen LogP contribution in [-0.2, 0) is 0 Å². The van der Waals surface area contributed by atoms with Crippen molar-refractivity contribution >= 4 is 39.7 Å². The topological polar surface area (TPSA) is 66.9 Å². The minimum absolute atomic E-state index is 0.272. The number of halogens is 1. The number of hydrogen-bond acceptors (Lipinski definition) is 5. The van der Waals surface area contributed by atoms with Crippen molar-refractivity contribution in [3.63, 3.8) is 0 Å². The molecule has 7 heteroatoms. The molecule has 5 nitrogen and oxygen atoms in total. The molecule has 1 saturated carbocycles. The molecule has 1 aliphatic rings. The molecule has 3 rings (SSSR count). The lowest BCUT2D eigenvalue weighted by Gasteiger charge is -2.12. The lowest BCUT2D eigenvalue weighted by Crippen LogP contribution is -2.19. The van der Waals surface area contributed by atoms with Crippen LogP contribution in [0.5, 0.6) is 0 Å². The van der Waals surface area contributed by atoms with E-state index in [-0.39, 0.29) is 5.91 Å². The Morgan fingerprint density at radius 3 is 2.90 bits per heavy atom. The number of carbonyl (C=O) groups is 1. The van der Waals surface area contributed by atoms with Gasteiger partial charge in [-0.3, -0.25) is 4.79 Å². The first-order chi connectivity index (χ1) is 10.2. The molecule has 0 unspecified atom stereocenters. The van der Waals surface area contributed by atoms with Gasteiger partial charge in [0.1, 0.15) is 16.0 Å². The molecule has 2 aromatic heterocycles. The Kier molecular flexibility index (Phi) is 4.36. The van der Waals surface area contributed by atoms with E-state index in [0.717, 1.165) is 17.8 Å². The van der Waals surface area contributed by atoms with Gasteiger partial charge in [0.05, 0.1) is 5.51 Å². The fourth-order valence-electron chi connectivity index (χ4n) is 2.42. The predicted molar refractivity (Wildman–Crippen MR) is 85.2 cm³/mol. The Bertz CT molecular complexity index is 639. The zero-order valence-corrected chi connectivity index (χ0v) is 12.9. The van der Waals surface area contributed by atoms with Crippen molar-refractivity contribution in [1.29, 1.82) is 0 Å². The minimum Gasteiger partial charge on any atom is -0.372 e. The second-order valence-corrected chi connectivity index (χ2v) is 6.20. The number of thiazole rings is 1. The van der Waals surface area contributed by atoms with Gasteiger partial charge in [0.15, 0.2) is 5.69 Å². The van der Waals surface area contributed by atoms with Gasteiger partial charge < -0.3 is 10.6 Å². The average molecular weight is 323 g/mol. The number of aromatic nitrogens is 2. The molecule has 0 spiro atoms. The first-order valence-corrected chi connectivity index (χ1v) is 8.12. The van der Waals surface area contributed by atoms with Gasteiger partial charge in [0, 0.05) is 6.04 Å². The number of amides is 1. The highest BCUT2D eigenvalue weighted by molar-refractivity contribution is 7.14. The lowest BCUT2D eigenvalue weighted by molar-refractivity contribution is 0.102. The molecule has 0 atom stereocenters. The number of pyridine rings is 1. The Morgan fingerprint density at radius 2 is 2.14 bits per heavy atom. The number of carbonyl (C=O) groups excluding carboxylic acids is 1. The molecule has 0 saturated heterocycles. The Hall–Kier alpha value is -1.66. The van der Waals surface area contributed by atoms with Crippen LogP contribution in [0.3, 0.4) is 0 Å². The summed E-state index contributed by atoms with van der Waals surface area (Å²) in [5, 5.41) is 7.30. The van der Waals surface area contributed by atoms with Crippen molar-refractivity contribution < 1.29 is 4.79 Å². The maximum atomic E-state index is 12.3. The standard InChI is InChI=1S/C14H15ClN4OS/c15-10-6-3-7-11(18-10)19-13(20)12-14(21-8-16-12)17-9-4-1-2-5-9/h3,6-9,17H,1-2,4-5H2,(H,18,19,20). The number of hydrogen-bond donors (Lipinski definition) is 2. The van der Waals surface area contributed by atoms with E-state index in [4.69, 9.17) is 11.6 Å². The monoisotopic (exact) mass is 322 g/mol. The third-order valence-corrected chi connectivity index (χ3v) is 4.40. The van der Waals surface area contributed by atoms with Gasteiger partial charge in [-0.15, -0.1) is 11.3 Å². The van der Waals surface area contributed by atoms with Crippen molar-refractivity contribution in [3.8, 4) is 0 Å². The second kappa shape index (κ2) is 6.41. The third kappa shape index (κ3) is 3.51. The number of rotatable bonds is 4. The molecule has 2 heterocycles. The number of nitrogens with one attached hydrogen (secondary N) is 2. The molecular weight excluding hydrogens is 308 g/mol. The quantitative estimate of drug-likeness (QED) is 0.840. The highest BCUT2D eigenvalue weighted by Crippen LogP contribution is 2.27. The summed E-state index contributed by atoms with van der Waals surface area (Å²) in [7, 11) is 0. The average Bonchev–Trinajstić information content (AvgIpc) is 3.10. The first kappa shape index (κ1) is 14.3. The van der Waals surface area contributed by atoms with E-state index in [1.807, 2.05) is 0 Å². The number of anilines is 2. The molecule has 0 aliphatic heterocycles. The van der Waals surface area contributed by atoms with E-state index < -0.39 is 0 Å². The molecule has 0 radical (unpaired) electrons. The second-order valence-electron chi connectivity index (χ2n) is 4.96. The van der Waals surface area contributed by atoms with Crippen molar-refractivity contribution in [2.45, 2.75) is 31.7 Å². The maximum Gasteiger partial charge on any atom is 0.278 e. The number of nitrogens with zero attached hydrogens (tertiary/aromatic N) is 2. The maximum absolute atomic E-state index is 12.3. The third-order valence-electron chi connectivity index (χ3n) is 3.43. The molecule has 21 heavy (non-hydrogen) atoms. The van der Waals surface area contributed by atoms with Crippen LogP contribution in [0.25, 0.3) is 0 Å². The predicted octanol–water partition coefficient (Wildman–Crippen LogP) is 3.80. The highest BCUT2D eigenvalue weighted by Gasteiger charge is 2.20. The van der Waals surface area contributed by atoms with Gasteiger partial charge >= 0.3 is 0 Å². The Balaban J connectivity index is 1.71. The van der Waals surface area contributed by atoms with Gasteiger partial charge in [-0.2, -0.15) is 0 Å². The van der Waals surface area contributed by atoms with E-state index in [1.165, 1.54) is 24.2 Å². The van der Waals surface area contributed by atoms with Gasteiger partial charge in [0.2, 0.25) is 0 Å². The molecule has 2 aromatic rings. The largest absolute Gasteiger partial charge is 0.372 e. The summed E-state index contributed by atoms with van der Waals surface area (Å²) < 4.78 is 0. The van der Waals surface area contributed by atoms with Crippen LogP contribution in [0.15, 0.2) is 23.7 Å². The van der Waals surface area contributed by atoms with E-state index in [0.29, 0.717) is 22.7 Å². The van der Waals surface area contributed by atoms with Crippen molar-refractivity contribution in [1.82, 2.24) is 9.97 Å². The summed E-state index contributed by atoms with van der Waals surface area (Å²) in [6.45, 7) is 0. The SMILES string of the molecule is O=C(Nc1cccc(Cl)n1)c1ncsc1NC1CCCC1. The van der Waals surface area contributed by atoms with Crippen molar-refractivity contribution in [3.05, 3.63) is 34.6 Å². The minimum atomic E-state index is -0.272. The zero-order valence-electron chi connectivity index (χ0n) is 11.3. The molecule has 1 fully saturated rings. The summed E-state index contributed by atoms with van der Waals surface area (Å²) in [5.41, 5.74) is 2.09. The van der Waals surface area contributed by atoms with Crippen LogP contribution in [0.1, 0.15) is 36.2 Å². The summed E-state index contributed by atoms with van der Waals surface area (Å²) >= 11 is 7.26. The van der Waals surface area contributed by atoms with E-state index in [9.17, 15) is 4.79 Å². The van der Waals surface area contributed by atoms with Gasteiger partial charge in [-0.05, 0) is 25.0 Å². The van der Waals surface area contributed by atoms with Gasteiger partial charge in [0.25, 0.3) is 5.91 Å². The van der Waals surface area contributed by atoms with Crippen LogP contribution < -0.4 is 10.6 Å². The normalized spacial score (nSPS) is 15.1. The van der Waals surface area contributed by atoms with Crippen LogP contribution in [-0.4, -0.2) is 21.9 Å². The van der Waals surface area contributed by atoms with Gasteiger partial charge in [-0.25, -0.2) is 9.97 Å². The van der Waals surface area contributed by atoms with Crippen LogP contribution in [0.4, 0.5) is 10.8 Å². The van der Waals surface area contributed by atoms with Crippen molar-refractivity contribution in [2.24, 2.45) is 0 Å². The first-order valence-electron chi connectivity index (χ1n) is 6.86. The smallest absolute Gasteiger partial charge is 0.278 e. The van der Waals surface area contributed by atoms with Gasteiger partial charge in [-0.1, -0.05) is 30.5 Å². The molecule has 0 bridgehead atoms. The van der Waals surface area contributed by atoms with E-state index in [1.54, 1.807) is 23.7 Å². The fraction of sp³-hybridized carbons (Fsp3) is 0.357. The van der Waals surface area contributed by atoms with Crippen LogP contribution >= 0.6 is 22.9 Å². The molecule has 1 aliphatic carbocycles.